The summed E-state index contributed by atoms with van der Waals surface area (Å²) >= 11 is 1.75. The SMILES string of the molecule is O=C(I)Nc1cccc2c1C=CCC2. The molecule has 0 bridgehead atoms. The predicted octanol–water partition coefficient (Wildman–Crippen LogP) is 3.61. The van der Waals surface area contributed by atoms with Crippen LogP contribution in [0.15, 0.2) is 24.3 Å². The van der Waals surface area contributed by atoms with E-state index in [1.807, 2.05) is 12.1 Å². The van der Waals surface area contributed by atoms with Crippen LogP contribution < -0.4 is 5.32 Å². The lowest BCUT2D eigenvalue weighted by atomic mass is 9.96. The van der Waals surface area contributed by atoms with Crippen molar-refractivity contribution in [2.45, 2.75) is 12.8 Å². The fraction of sp³-hybridized carbons (Fsp3) is 0.182. The first-order valence-corrected chi connectivity index (χ1v) is 5.60. The number of anilines is 1. The first-order chi connectivity index (χ1) is 6.77. The van der Waals surface area contributed by atoms with Crippen molar-refractivity contribution in [3.05, 3.63) is 35.4 Å². The highest BCUT2D eigenvalue weighted by molar-refractivity contribution is 14.1. The standard InChI is InChI=1S/C11H10INO/c12-11(14)13-10-7-3-5-8-4-1-2-6-9(8)10/h2-3,5-7H,1,4H2,(H,13,14). The lowest BCUT2D eigenvalue weighted by Crippen LogP contribution is -2.05. The second-order valence-electron chi connectivity index (χ2n) is 3.22. The molecule has 0 saturated heterocycles. The molecule has 0 unspecified atom stereocenters. The van der Waals surface area contributed by atoms with E-state index in [4.69, 9.17) is 0 Å². The van der Waals surface area contributed by atoms with Crippen molar-refractivity contribution < 1.29 is 4.79 Å². The Morgan fingerprint density at radius 1 is 1.43 bits per heavy atom. The molecule has 0 spiro atoms. The number of rotatable bonds is 1. The van der Waals surface area contributed by atoms with Crippen LogP contribution in [-0.4, -0.2) is 3.91 Å². The number of carbonyl (C=O) groups is 1. The maximum atomic E-state index is 11.0. The molecule has 2 nitrogen and oxygen atoms in total. The fourth-order valence-corrected chi connectivity index (χ4v) is 1.97. The van der Waals surface area contributed by atoms with E-state index >= 15 is 0 Å². The maximum Gasteiger partial charge on any atom is 0.285 e. The van der Waals surface area contributed by atoms with Crippen LogP contribution in [0.5, 0.6) is 0 Å². The Labute approximate surface area is 96.5 Å². The van der Waals surface area contributed by atoms with Crippen LogP contribution in [-0.2, 0) is 6.42 Å². The number of halogens is 1. The predicted molar refractivity (Wildman–Crippen MR) is 66.8 cm³/mol. The number of allylic oxidation sites excluding steroid dienone is 1. The monoisotopic (exact) mass is 299 g/mol. The summed E-state index contributed by atoms with van der Waals surface area (Å²) in [7, 11) is 0. The molecule has 3 heteroatoms. The highest BCUT2D eigenvalue weighted by Crippen LogP contribution is 2.26. The summed E-state index contributed by atoms with van der Waals surface area (Å²) in [5.74, 6) is 0. The van der Waals surface area contributed by atoms with Gasteiger partial charge in [-0.3, -0.25) is 4.79 Å². The van der Waals surface area contributed by atoms with Gasteiger partial charge in [-0.2, -0.15) is 0 Å². The molecule has 0 aromatic heterocycles. The third-order valence-electron chi connectivity index (χ3n) is 2.29. The number of amides is 1. The Hall–Kier alpha value is -0.840. The largest absolute Gasteiger partial charge is 0.317 e. The first kappa shape index (κ1) is 9.71. The third kappa shape index (κ3) is 1.97. The Bertz CT molecular complexity index is 398. The van der Waals surface area contributed by atoms with E-state index in [2.05, 4.69) is 23.5 Å². The lowest BCUT2D eigenvalue weighted by Gasteiger charge is -2.14. The molecule has 1 amide bonds. The Morgan fingerprint density at radius 2 is 2.29 bits per heavy atom. The number of nitrogens with one attached hydrogen (secondary N) is 1. The van der Waals surface area contributed by atoms with Crippen molar-refractivity contribution in [1.29, 1.82) is 0 Å². The molecule has 0 radical (unpaired) electrons. The summed E-state index contributed by atoms with van der Waals surface area (Å²) in [5.41, 5.74) is 3.39. The summed E-state index contributed by atoms with van der Waals surface area (Å²) in [6.45, 7) is 0. The van der Waals surface area contributed by atoms with E-state index in [1.54, 1.807) is 22.6 Å². The summed E-state index contributed by atoms with van der Waals surface area (Å²) in [6.07, 6.45) is 6.39. The Morgan fingerprint density at radius 3 is 3.07 bits per heavy atom. The van der Waals surface area contributed by atoms with Gasteiger partial charge < -0.3 is 5.32 Å². The average Bonchev–Trinajstić information content (AvgIpc) is 2.18. The third-order valence-corrected chi connectivity index (χ3v) is 2.56. The van der Waals surface area contributed by atoms with Gasteiger partial charge >= 0.3 is 0 Å². The van der Waals surface area contributed by atoms with Crippen molar-refractivity contribution in [3.63, 3.8) is 0 Å². The molecule has 0 atom stereocenters. The van der Waals surface area contributed by atoms with Crippen LogP contribution in [0.25, 0.3) is 6.08 Å². The highest BCUT2D eigenvalue weighted by atomic mass is 127. The lowest BCUT2D eigenvalue weighted by molar-refractivity contribution is 0.272. The highest BCUT2D eigenvalue weighted by Gasteiger charge is 2.09. The molecule has 1 aliphatic carbocycles. The molecule has 0 saturated carbocycles. The van der Waals surface area contributed by atoms with Gasteiger partial charge in [-0.25, -0.2) is 0 Å². The van der Waals surface area contributed by atoms with Crippen LogP contribution in [0, 0.1) is 0 Å². The zero-order chi connectivity index (χ0) is 9.97. The van der Waals surface area contributed by atoms with Crippen LogP contribution in [0.3, 0.4) is 0 Å². The number of aryl methyl sites for hydroxylation is 1. The normalized spacial score (nSPS) is 13.5. The van der Waals surface area contributed by atoms with E-state index < -0.39 is 0 Å². The summed E-state index contributed by atoms with van der Waals surface area (Å²) in [5, 5.41) is 2.83. The minimum atomic E-state index is -0.0463. The topological polar surface area (TPSA) is 29.1 Å². The molecular formula is C11H10INO. The second kappa shape index (κ2) is 4.13. The van der Waals surface area contributed by atoms with Gasteiger partial charge in [-0.05, 0) is 24.5 Å². The number of fused-ring (bicyclic) bond motifs is 1. The quantitative estimate of drug-likeness (QED) is 0.479. The van der Waals surface area contributed by atoms with E-state index in [-0.39, 0.29) is 3.91 Å². The van der Waals surface area contributed by atoms with Crippen molar-refractivity contribution in [3.8, 4) is 0 Å². The van der Waals surface area contributed by atoms with Crippen LogP contribution >= 0.6 is 22.6 Å². The van der Waals surface area contributed by atoms with Crippen molar-refractivity contribution in [2.24, 2.45) is 0 Å². The molecular weight excluding hydrogens is 289 g/mol. The molecule has 0 aliphatic heterocycles. The zero-order valence-corrected chi connectivity index (χ0v) is 9.74. The summed E-state index contributed by atoms with van der Waals surface area (Å²) in [4.78, 5) is 11.0. The van der Waals surface area contributed by atoms with Crippen molar-refractivity contribution in [2.75, 3.05) is 5.32 Å². The van der Waals surface area contributed by atoms with Gasteiger partial charge in [0.05, 0.1) is 0 Å². The molecule has 2 rings (SSSR count). The van der Waals surface area contributed by atoms with Gasteiger partial charge in [0.1, 0.15) is 0 Å². The number of benzene rings is 1. The van der Waals surface area contributed by atoms with Gasteiger partial charge in [-0.1, -0.05) is 24.3 Å². The molecule has 1 aliphatic rings. The summed E-state index contributed by atoms with van der Waals surface area (Å²) < 4.78 is -0.0463. The summed E-state index contributed by atoms with van der Waals surface area (Å²) in [6, 6.07) is 6.03. The van der Waals surface area contributed by atoms with Gasteiger partial charge in [0.15, 0.2) is 0 Å². The van der Waals surface area contributed by atoms with E-state index in [9.17, 15) is 4.79 Å². The minimum Gasteiger partial charge on any atom is -0.317 e. The first-order valence-electron chi connectivity index (χ1n) is 4.52. The minimum absolute atomic E-state index is 0.0463. The molecule has 14 heavy (non-hydrogen) atoms. The number of hydrogen-bond donors (Lipinski definition) is 1. The van der Waals surface area contributed by atoms with Gasteiger partial charge in [0, 0.05) is 33.8 Å². The average molecular weight is 299 g/mol. The molecule has 72 valence electrons. The van der Waals surface area contributed by atoms with Crippen LogP contribution in [0.2, 0.25) is 0 Å². The van der Waals surface area contributed by atoms with E-state index in [0.717, 1.165) is 24.1 Å². The maximum absolute atomic E-state index is 11.0. The van der Waals surface area contributed by atoms with Crippen LogP contribution in [0.1, 0.15) is 17.5 Å². The fourth-order valence-electron chi connectivity index (χ4n) is 1.68. The Kier molecular flexibility index (Phi) is 2.86. The van der Waals surface area contributed by atoms with E-state index in [1.165, 1.54) is 5.56 Å². The number of hydrogen-bond acceptors (Lipinski definition) is 1. The zero-order valence-electron chi connectivity index (χ0n) is 7.59. The molecule has 0 fully saturated rings. The van der Waals surface area contributed by atoms with E-state index in [0.29, 0.717) is 0 Å². The molecule has 0 heterocycles. The van der Waals surface area contributed by atoms with Gasteiger partial charge in [0.25, 0.3) is 3.91 Å². The molecule has 1 aromatic carbocycles. The van der Waals surface area contributed by atoms with Gasteiger partial charge in [0.2, 0.25) is 0 Å². The number of carbonyl (C=O) groups excluding carboxylic acids is 1. The van der Waals surface area contributed by atoms with Crippen molar-refractivity contribution >= 4 is 38.3 Å². The van der Waals surface area contributed by atoms with Gasteiger partial charge in [-0.15, -0.1) is 0 Å². The second-order valence-corrected chi connectivity index (χ2v) is 4.20. The Balaban J connectivity index is 2.42. The van der Waals surface area contributed by atoms with Crippen LogP contribution in [0.4, 0.5) is 10.5 Å². The molecule has 1 N–H and O–H groups in total. The smallest absolute Gasteiger partial charge is 0.285 e. The molecule has 1 aromatic rings. The van der Waals surface area contributed by atoms with Crippen molar-refractivity contribution in [1.82, 2.24) is 0 Å².